The molecule has 3 heteroatoms. The van der Waals surface area contributed by atoms with Gasteiger partial charge in [-0.15, -0.1) is 12.6 Å². The molecular weight excluding hydrogens is 202 g/mol. The zero-order chi connectivity index (χ0) is 9.26. The lowest BCUT2D eigenvalue weighted by Gasteiger charge is -2.10. The van der Waals surface area contributed by atoms with Gasteiger partial charge in [-0.05, 0) is 36.6 Å². The fourth-order valence-electron chi connectivity index (χ4n) is 1.77. The van der Waals surface area contributed by atoms with E-state index in [-0.39, 0.29) is 0 Å². The molecule has 0 spiro atoms. The molecule has 1 saturated heterocycles. The monoisotopic (exact) mass is 213 g/mol. The normalized spacial score (nSPS) is 22.2. The van der Waals surface area contributed by atoms with Crippen LogP contribution in [0.4, 0.5) is 0 Å². The van der Waals surface area contributed by atoms with Crippen LogP contribution in [0.5, 0.6) is 0 Å². The van der Waals surface area contributed by atoms with E-state index in [0.717, 1.165) is 23.0 Å². The number of nitrogens with one attached hydrogen (secondary N) is 1. The van der Waals surface area contributed by atoms with Crippen molar-refractivity contribution in [2.24, 2.45) is 0 Å². The molecule has 1 atom stereocenters. The minimum absolute atomic E-state index is 0.585. The van der Waals surface area contributed by atoms with E-state index in [0.29, 0.717) is 5.92 Å². The van der Waals surface area contributed by atoms with Crippen molar-refractivity contribution in [2.45, 2.75) is 17.2 Å². The number of hydrogen-bond acceptors (Lipinski definition) is 2. The van der Waals surface area contributed by atoms with Gasteiger partial charge in [-0.3, -0.25) is 0 Å². The molecule has 0 amide bonds. The Morgan fingerprint density at radius 1 is 1.46 bits per heavy atom. The second kappa shape index (κ2) is 3.91. The molecule has 1 aliphatic rings. The maximum absolute atomic E-state index is 6.13. The Morgan fingerprint density at radius 2 is 2.31 bits per heavy atom. The van der Waals surface area contributed by atoms with Crippen LogP contribution in [-0.2, 0) is 0 Å². The molecule has 1 N–H and O–H groups in total. The molecule has 1 nitrogen and oxygen atoms in total. The standard InChI is InChI=1S/C10H12ClNS/c11-10-5-8(13)1-2-9(10)7-3-4-12-6-7/h1-2,5,7,12-13H,3-4,6H2/t7-/m0/s1. The fraction of sp³-hybridized carbons (Fsp3) is 0.400. The van der Waals surface area contributed by atoms with Gasteiger partial charge >= 0.3 is 0 Å². The Bertz CT molecular complexity index is 308. The summed E-state index contributed by atoms with van der Waals surface area (Å²) in [6.45, 7) is 2.15. The first-order valence-electron chi connectivity index (χ1n) is 4.46. The van der Waals surface area contributed by atoms with Gasteiger partial charge in [0.05, 0.1) is 0 Å². The van der Waals surface area contributed by atoms with E-state index in [1.165, 1.54) is 12.0 Å². The Morgan fingerprint density at radius 3 is 2.92 bits per heavy atom. The Balaban J connectivity index is 2.29. The summed E-state index contributed by atoms with van der Waals surface area (Å²) in [4.78, 5) is 0.930. The van der Waals surface area contributed by atoms with E-state index in [1.807, 2.05) is 12.1 Å². The van der Waals surface area contributed by atoms with Crippen LogP contribution >= 0.6 is 24.2 Å². The van der Waals surface area contributed by atoms with Gasteiger partial charge in [0.15, 0.2) is 0 Å². The number of hydrogen-bond donors (Lipinski definition) is 2. The SMILES string of the molecule is Sc1ccc([C@H]2CCNC2)c(Cl)c1. The topological polar surface area (TPSA) is 12.0 Å². The van der Waals surface area contributed by atoms with Gasteiger partial charge in [-0.2, -0.15) is 0 Å². The summed E-state index contributed by atoms with van der Waals surface area (Å²) in [5.74, 6) is 0.585. The van der Waals surface area contributed by atoms with E-state index >= 15 is 0 Å². The maximum Gasteiger partial charge on any atom is 0.0452 e. The van der Waals surface area contributed by atoms with Crippen LogP contribution in [0.15, 0.2) is 23.1 Å². The van der Waals surface area contributed by atoms with Crippen molar-refractivity contribution in [2.75, 3.05) is 13.1 Å². The molecular formula is C10H12ClNS. The third-order valence-electron chi connectivity index (χ3n) is 2.48. The molecule has 1 aliphatic heterocycles. The quantitative estimate of drug-likeness (QED) is 0.684. The van der Waals surface area contributed by atoms with Crippen molar-refractivity contribution in [1.29, 1.82) is 0 Å². The van der Waals surface area contributed by atoms with Crippen molar-refractivity contribution < 1.29 is 0 Å². The number of rotatable bonds is 1. The predicted molar refractivity (Wildman–Crippen MR) is 58.9 cm³/mol. The van der Waals surface area contributed by atoms with Gasteiger partial charge in [-0.1, -0.05) is 17.7 Å². The van der Waals surface area contributed by atoms with Crippen LogP contribution in [0.2, 0.25) is 5.02 Å². The molecule has 1 aromatic rings. The molecule has 2 rings (SSSR count). The first-order chi connectivity index (χ1) is 6.27. The molecule has 0 aliphatic carbocycles. The summed E-state index contributed by atoms with van der Waals surface area (Å²) in [6, 6.07) is 6.00. The van der Waals surface area contributed by atoms with Crippen LogP contribution < -0.4 is 5.32 Å². The van der Waals surface area contributed by atoms with Crippen molar-refractivity contribution in [1.82, 2.24) is 5.32 Å². The van der Waals surface area contributed by atoms with E-state index in [4.69, 9.17) is 11.6 Å². The minimum atomic E-state index is 0.585. The van der Waals surface area contributed by atoms with E-state index in [2.05, 4.69) is 24.0 Å². The zero-order valence-electron chi connectivity index (χ0n) is 7.26. The average molecular weight is 214 g/mol. The fourth-order valence-corrected chi connectivity index (χ4v) is 2.38. The van der Waals surface area contributed by atoms with Crippen LogP contribution in [0.25, 0.3) is 0 Å². The van der Waals surface area contributed by atoms with Crippen LogP contribution in [-0.4, -0.2) is 13.1 Å². The Labute approximate surface area is 88.9 Å². The molecule has 1 fully saturated rings. The van der Waals surface area contributed by atoms with Gasteiger partial charge < -0.3 is 5.32 Å². The van der Waals surface area contributed by atoms with Gasteiger partial charge in [0.25, 0.3) is 0 Å². The van der Waals surface area contributed by atoms with Crippen LogP contribution in [0.1, 0.15) is 17.9 Å². The second-order valence-corrected chi connectivity index (χ2v) is 4.32. The molecule has 0 bridgehead atoms. The number of halogens is 1. The van der Waals surface area contributed by atoms with Crippen molar-refractivity contribution in [3.63, 3.8) is 0 Å². The Hall–Kier alpha value is -0.180. The highest BCUT2D eigenvalue weighted by molar-refractivity contribution is 7.80. The summed E-state index contributed by atoms with van der Waals surface area (Å²) >= 11 is 10.4. The third kappa shape index (κ3) is 2.01. The molecule has 1 heterocycles. The molecule has 0 unspecified atom stereocenters. The number of thiol groups is 1. The summed E-state index contributed by atoms with van der Waals surface area (Å²) in [5.41, 5.74) is 1.25. The lowest BCUT2D eigenvalue weighted by Crippen LogP contribution is -2.08. The van der Waals surface area contributed by atoms with Gasteiger partial charge in [0, 0.05) is 16.5 Å². The summed E-state index contributed by atoms with van der Waals surface area (Å²) in [6.07, 6.45) is 1.19. The number of benzene rings is 1. The van der Waals surface area contributed by atoms with Crippen molar-refractivity contribution in [3.8, 4) is 0 Å². The maximum atomic E-state index is 6.13. The molecule has 0 saturated carbocycles. The highest BCUT2D eigenvalue weighted by atomic mass is 35.5. The molecule has 0 aromatic heterocycles. The van der Waals surface area contributed by atoms with Gasteiger partial charge in [-0.25, -0.2) is 0 Å². The first kappa shape index (κ1) is 9.38. The predicted octanol–water partition coefficient (Wildman–Crippen LogP) is 2.71. The van der Waals surface area contributed by atoms with Crippen LogP contribution in [0, 0.1) is 0 Å². The van der Waals surface area contributed by atoms with Gasteiger partial charge in [0.1, 0.15) is 0 Å². The summed E-state index contributed by atoms with van der Waals surface area (Å²) in [5, 5.41) is 4.18. The summed E-state index contributed by atoms with van der Waals surface area (Å²) in [7, 11) is 0. The lowest BCUT2D eigenvalue weighted by molar-refractivity contribution is 0.763. The largest absolute Gasteiger partial charge is 0.316 e. The molecule has 1 aromatic carbocycles. The van der Waals surface area contributed by atoms with E-state index in [9.17, 15) is 0 Å². The average Bonchev–Trinajstić information content (AvgIpc) is 2.56. The molecule has 0 radical (unpaired) electrons. The second-order valence-electron chi connectivity index (χ2n) is 3.40. The minimum Gasteiger partial charge on any atom is -0.316 e. The third-order valence-corrected chi connectivity index (χ3v) is 3.09. The summed E-state index contributed by atoms with van der Waals surface area (Å²) < 4.78 is 0. The Kier molecular flexibility index (Phi) is 2.82. The van der Waals surface area contributed by atoms with Gasteiger partial charge in [0.2, 0.25) is 0 Å². The highest BCUT2D eigenvalue weighted by Crippen LogP contribution is 2.30. The highest BCUT2D eigenvalue weighted by Gasteiger charge is 2.18. The van der Waals surface area contributed by atoms with E-state index in [1.54, 1.807) is 0 Å². The van der Waals surface area contributed by atoms with Crippen molar-refractivity contribution >= 4 is 24.2 Å². The molecule has 13 heavy (non-hydrogen) atoms. The lowest BCUT2D eigenvalue weighted by atomic mass is 9.98. The van der Waals surface area contributed by atoms with Crippen LogP contribution in [0.3, 0.4) is 0 Å². The molecule has 70 valence electrons. The smallest absolute Gasteiger partial charge is 0.0452 e. The zero-order valence-corrected chi connectivity index (χ0v) is 8.91. The first-order valence-corrected chi connectivity index (χ1v) is 5.29. The van der Waals surface area contributed by atoms with E-state index < -0.39 is 0 Å². The van der Waals surface area contributed by atoms with Crippen molar-refractivity contribution in [3.05, 3.63) is 28.8 Å².